The van der Waals surface area contributed by atoms with Crippen molar-refractivity contribution in [3.63, 3.8) is 0 Å². The normalized spacial score (nSPS) is 21.7. The Hall–Kier alpha value is -3.95. The molecule has 1 aliphatic heterocycles. The van der Waals surface area contributed by atoms with Gasteiger partial charge >= 0.3 is 17.9 Å². The van der Waals surface area contributed by atoms with Crippen molar-refractivity contribution in [2.24, 2.45) is 0 Å². The molecular weight excluding hydrogens is 692 g/mol. The summed E-state index contributed by atoms with van der Waals surface area (Å²) in [5.74, 6) is -1.86. The SMILES string of the molecule is CC(=O)OC[C@H]1O[C@H](n2cc(-c3ccc(Br)cc3)nn2)[C@H](n2cc(-c3ccc(Br)cc3)nn2)[C@@H](OC(C)=O)[C@@H]1OC(C)=O. The number of esters is 3. The molecule has 4 aromatic rings. The number of aromatic nitrogens is 6. The number of carbonyl (C=O) groups excluding carboxylic acids is 3. The largest absolute Gasteiger partial charge is 0.463 e. The first-order valence-electron chi connectivity index (χ1n) is 13.1. The Balaban J connectivity index is 1.61. The van der Waals surface area contributed by atoms with Gasteiger partial charge in [0.2, 0.25) is 0 Å². The van der Waals surface area contributed by atoms with Crippen molar-refractivity contribution in [1.29, 1.82) is 0 Å². The molecule has 0 saturated carbocycles. The molecule has 2 aromatic carbocycles. The molecule has 1 saturated heterocycles. The van der Waals surface area contributed by atoms with Crippen LogP contribution in [0.3, 0.4) is 0 Å². The monoisotopic (exact) mass is 716 g/mol. The number of ether oxygens (including phenoxy) is 4. The quantitative estimate of drug-likeness (QED) is 0.190. The van der Waals surface area contributed by atoms with Crippen LogP contribution in [0, 0.1) is 0 Å². The van der Waals surface area contributed by atoms with Gasteiger partial charge in [-0.25, -0.2) is 9.36 Å². The second-order valence-electron chi connectivity index (χ2n) is 9.69. The number of hydrogen-bond acceptors (Lipinski definition) is 11. The first kappa shape index (κ1) is 30.5. The fourth-order valence-corrected chi connectivity index (χ4v) is 5.26. The Morgan fingerprint density at radius 2 is 1.23 bits per heavy atom. The van der Waals surface area contributed by atoms with Gasteiger partial charge in [-0.1, -0.05) is 66.6 Å². The molecule has 3 heterocycles. The molecule has 43 heavy (non-hydrogen) atoms. The number of rotatable bonds is 8. The van der Waals surface area contributed by atoms with Gasteiger partial charge < -0.3 is 18.9 Å². The summed E-state index contributed by atoms with van der Waals surface area (Å²) in [4.78, 5) is 36.4. The van der Waals surface area contributed by atoms with Gasteiger partial charge in [-0.05, 0) is 24.3 Å². The first-order valence-corrected chi connectivity index (χ1v) is 14.7. The third kappa shape index (κ3) is 7.17. The van der Waals surface area contributed by atoms with Crippen molar-refractivity contribution in [3.05, 3.63) is 69.9 Å². The summed E-state index contributed by atoms with van der Waals surface area (Å²) < 4.78 is 27.8. The molecule has 0 amide bonds. The molecule has 224 valence electrons. The van der Waals surface area contributed by atoms with E-state index in [0.29, 0.717) is 11.4 Å². The molecule has 15 heteroatoms. The molecule has 1 fully saturated rings. The Kier molecular flexibility index (Phi) is 9.32. The summed E-state index contributed by atoms with van der Waals surface area (Å²) in [6.07, 6.45) is -1.03. The van der Waals surface area contributed by atoms with Gasteiger partial charge in [-0.15, -0.1) is 10.2 Å². The van der Waals surface area contributed by atoms with E-state index < -0.39 is 48.5 Å². The molecular formula is C28H26Br2N6O7. The van der Waals surface area contributed by atoms with Crippen molar-refractivity contribution < 1.29 is 33.3 Å². The number of benzene rings is 2. The van der Waals surface area contributed by atoms with Crippen molar-refractivity contribution in [2.45, 2.75) is 51.4 Å². The van der Waals surface area contributed by atoms with E-state index in [1.807, 2.05) is 48.5 Å². The summed E-state index contributed by atoms with van der Waals surface area (Å²) in [6.45, 7) is 3.42. The minimum absolute atomic E-state index is 0.288. The first-order chi connectivity index (χ1) is 20.6. The van der Waals surface area contributed by atoms with Gasteiger partial charge in [0.25, 0.3) is 0 Å². The molecule has 2 aromatic heterocycles. The van der Waals surface area contributed by atoms with Crippen molar-refractivity contribution in [2.75, 3.05) is 6.61 Å². The number of halogens is 2. The molecule has 0 aliphatic carbocycles. The van der Waals surface area contributed by atoms with Crippen LogP contribution in [-0.2, 0) is 33.3 Å². The van der Waals surface area contributed by atoms with Crippen molar-refractivity contribution in [3.8, 4) is 22.5 Å². The predicted molar refractivity (Wildman–Crippen MR) is 157 cm³/mol. The highest BCUT2D eigenvalue weighted by atomic mass is 79.9. The predicted octanol–water partition coefficient (Wildman–Crippen LogP) is 4.29. The van der Waals surface area contributed by atoms with E-state index in [-0.39, 0.29) is 6.61 Å². The molecule has 0 bridgehead atoms. The fourth-order valence-electron chi connectivity index (χ4n) is 4.73. The van der Waals surface area contributed by atoms with E-state index in [2.05, 4.69) is 52.5 Å². The Bertz CT molecular complexity index is 1610. The Morgan fingerprint density at radius 3 is 1.74 bits per heavy atom. The highest BCUT2D eigenvalue weighted by Crippen LogP contribution is 2.40. The second kappa shape index (κ2) is 13.1. The summed E-state index contributed by atoms with van der Waals surface area (Å²) in [5, 5.41) is 17.3. The van der Waals surface area contributed by atoms with Crippen LogP contribution in [0.15, 0.2) is 69.9 Å². The van der Waals surface area contributed by atoms with E-state index in [1.54, 1.807) is 12.4 Å². The van der Waals surface area contributed by atoms with Gasteiger partial charge in [0, 0.05) is 40.8 Å². The highest BCUT2D eigenvalue weighted by Gasteiger charge is 2.53. The van der Waals surface area contributed by atoms with E-state index in [4.69, 9.17) is 18.9 Å². The van der Waals surface area contributed by atoms with Crippen molar-refractivity contribution in [1.82, 2.24) is 30.0 Å². The molecule has 0 N–H and O–H groups in total. The van der Waals surface area contributed by atoms with Crippen LogP contribution in [0.2, 0.25) is 0 Å². The maximum Gasteiger partial charge on any atom is 0.303 e. The lowest BCUT2D eigenvalue weighted by atomic mass is 9.95. The van der Waals surface area contributed by atoms with E-state index in [9.17, 15) is 14.4 Å². The molecule has 5 rings (SSSR count). The fraction of sp³-hybridized carbons (Fsp3) is 0.321. The molecule has 0 radical (unpaired) electrons. The van der Waals surface area contributed by atoms with Crippen LogP contribution in [0.25, 0.3) is 22.5 Å². The third-order valence-corrected chi connectivity index (χ3v) is 7.61. The minimum atomic E-state index is -1.17. The smallest absolute Gasteiger partial charge is 0.303 e. The molecule has 13 nitrogen and oxygen atoms in total. The third-order valence-electron chi connectivity index (χ3n) is 6.55. The van der Waals surface area contributed by atoms with Crippen LogP contribution < -0.4 is 0 Å². The average molecular weight is 718 g/mol. The zero-order valence-electron chi connectivity index (χ0n) is 23.2. The van der Waals surface area contributed by atoms with Gasteiger partial charge in [-0.3, -0.25) is 14.4 Å². The van der Waals surface area contributed by atoms with E-state index in [1.165, 1.54) is 30.1 Å². The lowest BCUT2D eigenvalue weighted by Crippen LogP contribution is -2.57. The van der Waals surface area contributed by atoms with Gasteiger partial charge in [0.05, 0.1) is 12.4 Å². The highest BCUT2D eigenvalue weighted by molar-refractivity contribution is 9.10. The van der Waals surface area contributed by atoms with Crippen LogP contribution in [0.1, 0.15) is 33.0 Å². The molecule has 0 spiro atoms. The zero-order valence-corrected chi connectivity index (χ0v) is 26.3. The van der Waals surface area contributed by atoms with Gasteiger partial charge in [-0.2, -0.15) is 0 Å². The minimum Gasteiger partial charge on any atom is -0.463 e. The Labute approximate surface area is 262 Å². The van der Waals surface area contributed by atoms with E-state index in [0.717, 1.165) is 20.1 Å². The lowest BCUT2D eigenvalue weighted by molar-refractivity contribution is -0.248. The summed E-state index contributed by atoms with van der Waals surface area (Å²) in [7, 11) is 0. The lowest BCUT2D eigenvalue weighted by Gasteiger charge is -2.44. The number of carbonyl (C=O) groups is 3. The summed E-state index contributed by atoms with van der Waals surface area (Å²) in [5.41, 5.74) is 2.67. The molecule has 5 atom stereocenters. The summed E-state index contributed by atoms with van der Waals surface area (Å²) >= 11 is 6.86. The van der Waals surface area contributed by atoms with E-state index >= 15 is 0 Å². The maximum absolute atomic E-state index is 12.4. The van der Waals surface area contributed by atoms with Crippen molar-refractivity contribution >= 4 is 49.8 Å². The van der Waals surface area contributed by atoms with Crippen LogP contribution in [0.4, 0.5) is 0 Å². The zero-order chi connectivity index (χ0) is 30.7. The van der Waals surface area contributed by atoms with Gasteiger partial charge in [0.15, 0.2) is 18.4 Å². The maximum atomic E-state index is 12.4. The van der Waals surface area contributed by atoms with Gasteiger partial charge in [0.1, 0.15) is 30.1 Å². The number of hydrogen-bond donors (Lipinski definition) is 0. The van der Waals surface area contributed by atoms with Crippen LogP contribution >= 0.6 is 31.9 Å². The number of nitrogens with zero attached hydrogens (tertiary/aromatic N) is 6. The molecule has 1 aliphatic rings. The molecule has 0 unspecified atom stereocenters. The van der Waals surface area contributed by atoms with Crippen LogP contribution in [-0.4, -0.2) is 72.8 Å². The topological polar surface area (TPSA) is 150 Å². The standard InChI is InChI=1S/C28H26Br2N6O7/c1-15(37)40-14-24-26(41-16(2)38)27(42-17(3)39)25(35-12-22(31-33-35)18-4-8-20(29)9-5-18)28(43-24)36-13-23(32-34-36)19-6-10-21(30)11-7-19/h4-13,24-28H,14H2,1-3H3/t24-,25-,26-,27-,28+/m1/s1. The van der Waals surface area contributed by atoms with Crippen LogP contribution in [0.5, 0.6) is 0 Å². The average Bonchev–Trinajstić information content (AvgIpc) is 3.64. The second-order valence-corrected chi connectivity index (χ2v) is 11.5. The summed E-state index contributed by atoms with van der Waals surface area (Å²) in [6, 6.07) is 14.0. The Morgan fingerprint density at radius 1 is 0.744 bits per heavy atom.